The molecule has 0 bridgehead atoms. The number of halogens is 1. The zero-order chi connectivity index (χ0) is 15.1. The van der Waals surface area contributed by atoms with Crippen LogP contribution in [0.25, 0.3) is 6.08 Å². The molecule has 1 amide bonds. The lowest BCUT2D eigenvalue weighted by molar-refractivity contribution is -0.138. The Kier molecular flexibility index (Phi) is 5.90. The summed E-state index contributed by atoms with van der Waals surface area (Å²) in [5.74, 6) is -1.72. The maximum absolute atomic E-state index is 13.0. The monoisotopic (exact) mass is 279 g/mol. The normalized spacial score (nSPS) is 12.6. The van der Waals surface area contributed by atoms with Gasteiger partial charge in [0, 0.05) is 12.1 Å². The van der Waals surface area contributed by atoms with Gasteiger partial charge in [-0.2, -0.15) is 0 Å². The molecule has 1 unspecified atom stereocenters. The summed E-state index contributed by atoms with van der Waals surface area (Å²) in [4.78, 5) is 22.4. The van der Waals surface area contributed by atoms with Gasteiger partial charge in [0.05, 0.1) is 6.42 Å². The minimum Gasteiger partial charge on any atom is -0.481 e. The molecular weight excluding hydrogens is 261 g/mol. The molecule has 2 N–H and O–H groups in total. The van der Waals surface area contributed by atoms with E-state index < -0.39 is 17.9 Å². The van der Waals surface area contributed by atoms with Crippen molar-refractivity contribution in [2.75, 3.05) is 0 Å². The molecule has 0 spiro atoms. The van der Waals surface area contributed by atoms with Crippen molar-refractivity contribution in [3.8, 4) is 0 Å². The van der Waals surface area contributed by atoms with Gasteiger partial charge in [-0.25, -0.2) is 4.39 Å². The van der Waals surface area contributed by atoms with Crippen molar-refractivity contribution in [2.45, 2.75) is 26.3 Å². The molecule has 5 heteroatoms. The van der Waals surface area contributed by atoms with Crippen molar-refractivity contribution in [1.82, 2.24) is 5.32 Å². The quantitative estimate of drug-likeness (QED) is 0.786. The highest BCUT2D eigenvalue weighted by Crippen LogP contribution is 2.08. The van der Waals surface area contributed by atoms with Gasteiger partial charge in [-0.1, -0.05) is 26.0 Å². The lowest BCUT2D eigenvalue weighted by Gasteiger charge is -2.19. The van der Waals surface area contributed by atoms with E-state index in [1.54, 1.807) is 12.1 Å². The van der Waals surface area contributed by atoms with Crippen molar-refractivity contribution in [1.29, 1.82) is 0 Å². The second-order valence-electron chi connectivity index (χ2n) is 4.85. The Bertz CT molecular complexity index is 512. The maximum atomic E-state index is 13.0. The van der Waals surface area contributed by atoms with E-state index in [1.807, 2.05) is 13.8 Å². The van der Waals surface area contributed by atoms with Crippen LogP contribution in [0.2, 0.25) is 0 Å². The molecule has 20 heavy (non-hydrogen) atoms. The highest BCUT2D eigenvalue weighted by atomic mass is 19.1. The van der Waals surface area contributed by atoms with E-state index in [2.05, 4.69) is 5.32 Å². The van der Waals surface area contributed by atoms with Crippen LogP contribution in [0.5, 0.6) is 0 Å². The van der Waals surface area contributed by atoms with Crippen molar-refractivity contribution in [3.05, 3.63) is 41.7 Å². The molecule has 0 aliphatic heterocycles. The summed E-state index contributed by atoms with van der Waals surface area (Å²) < 4.78 is 13.0. The molecule has 0 aromatic heterocycles. The zero-order valence-corrected chi connectivity index (χ0v) is 11.5. The van der Waals surface area contributed by atoms with Crippen LogP contribution in [0.1, 0.15) is 25.8 Å². The summed E-state index contributed by atoms with van der Waals surface area (Å²) >= 11 is 0. The fourth-order valence-corrected chi connectivity index (χ4v) is 1.65. The highest BCUT2D eigenvalue weighted by molar-refractivity contribution is 5.92. The Morgan fingerprint density at radius 1 is 1.40 bits per heavy atom. The van der Waals surface area contributed by atoms with Crippen LogP contribution in [0.3, 0.4) is 0 Å². The van der Waals surface area contributed by atoms with Crippen LogP contribution in [-0.4, -0.2) is 23.0 Å². The summed E-state index contributed by atoms with van der Waals surface area (Å²) in [5, 5.41) is 11.4. The molecule has 108 valence electrons. The smallest absolute Gasteiger partial charge is 0.305 e. The predicted molar refractivity (Wildman–Crippen MR) is 74.5 cm³/mol. The van der Waals surface area contributed by atoms with Crippen molar-refractivity contribution in [2.24, 2.45) is 5.92 Å². The van der Waals surface area contributed by atoms with E-state index in [0.717, 1.165) is 0 Å². The van der Waals surface area contributed by atoms with E-state index in [-0.39, 0.29) is 18.2 Å². The second kappa shape index (κ2) is 7.43. The fraction of sp³-hybridized carbons (Fsp3) is 0.333. The van der Waals surface area contributed by atoms with Gasteiger partial charge in [0.15, 0.2) is 0 Å². The van der Waals surface area contributed by atoms with E-state index in [9.17, 15) is 14.0 Å². The molecule has 0 saturated carbocycles. The number of benzene rings is 1. The third kappa shape index (κ3) is 5.65. The van der Waals surface area contributed by atoms with Crippen LogP contribution in [0.4, 0.5) is 4.39 Å². The molecule has 0 aliphatic carbocycles. The SMILES string of the molecule is CC(C)C(CC(=O)O)NC(=O)/C=C/c1cccc(F)c1. The van der Waals surface area contributed by atoms with E-state index >= 15 is 0 Å². The molecule has 1 aromatic carbocycles. The Balaban J connectivity index is 2.63. The topological polar surface area (TPSA) is 66.4 Å². The summed E-state index contributed by atoms with van der Waals surface area (Å²) in [6.45, 7) is 3.67. The number of hydrogen-bond donors (Lipinski definition) is 2. The van der Waals surface area contributed by atoms with Gasteiger partial charge in [-0.15, -0.1) is 0 Å². The van der Waals surface area contributed by atoms with Crippen LogP contribution >= 0.6 is 0 Å². The third-order valence-corrected chi connectivity index (χ3v) is 2.80. The first kappa shape index (κ1) is 15.9. The van der Waals surface area contributed by atoms with Crippen molar-refractivity contribution < 1.29 is 19.1 Å². The molecular formula is C15H18FNO3. The summed E-state index contributed by atoms with van der Waals surface area (Å²) in [7, 11) is 0. The number of carboxylic acids is 1. The standard InChI is InChI=1S/C15H18FNO3/c1-10(2)13(9-15(19)20)17-14(18)7-6-11-4-3-5-12(16)8-11/h3-8,10,13H,9H2,1-2H3,(H,17,18)(H,19,20)/b7-6+. The number of hydrogen-bond acceptors (Lipinski definition) is 2. The van der Waals surface area contributed by atoms with Gasteiger partial charge in [-0.3, -0.25) is 9.59 Å². The number of nitrogens with one attached hydrogen (secondary N) is 1. The third-order valence-electron chi connectivity index (χ3n) is 2.80. The Labute approximate surface area is 117 Å². The van der Waals surface area contributed by atoms with Crippen LogP contribution in [0.15, 0.2) is 30.3 Å². The first-order valence-corrected chi connectivity index (χ1v) is 6.34. The highest BCUT2D eigenvalue weighted by Gasteiger charge is 2.18. The largest absolute Gasteiger partial charge is 0.481 e. The first-order valence-electron chi connectivity index (χ1n) is 6.34. The Hall–Kier alpha value is -2.17. The van der Waals surface area contributed by atoms with Gasteiger partial charge in [-0.05, 0) is 29.7 Å². The van der Waals surface area contributed by atoms with Gasteiger partial charge in [0.2, 0.25) is 5.91 Å². The molecule has 0 radical (unpaired) electrons. The summed E-state index contributed by atoms with van der Waals surface area (Å²) in [6.07, 6.45) is 2.62. The van der Waals surface area contributed by atoms with Crippen LogP contribution < -0.4 is 5.32 Å². The molecule has 1 rings (SSSR count). The minimum absolute atomic E-state index is 0.0117. The number of carbonyl (C=O) groups excluding carboxylic acids is 1. The molecule has 1 aromatic rings. The van der Waals surface area contributed by atoms with Gasteiger partial charge >= 0.3 is 5.97 Å². The second-order valence-corrected chi connectivity index (χ2v) is 4.85. The average Bonchev–Trinajstić information content (AvgIpc) is 2.35. The fourth-order valence-electron chi connectivity index (χ4n) is 1.65. The molecule has 0 fully saturated rings. The number of rotatable bonds is 6. The number of carboxylic acid groups (broad SMARTS) is 1. The van der Waals surface area contributed by atoms with E-state index in [1.165, 1.54) is 24.3 Å². The minimum atomic E-state index is -0.960. The van der Waals surface area contributed by atoms with E-state index in [4.69, 9.17) is 5.11 Å². The van der Waals surface area contributed by atoms with Gasteiger partial charge in [0.1, 0.15) is 5.82 Å². The number of aliphatic carboxylic acids is 1. The lowest BCUT2D eigenvalue weighted by atomic mass is 10.0. The molecule has 0 heterocycles. The van der Waals surface area contributed by atoms with Crippen molar-refractivity contribution >= 4 is 18.0 Å². The predicted octanol–water partition coefficient (Wildman–Crippen LogP) is 2.45. The Morgan fingerprint density at radius 3 is 2.65 bits per heavy atom. The first-order chi connectivity index (χ1) is 9.38. The zero-order valence-electron chi connectivity index (χ0n) is 11.5. The van der Waals surface area contributed by atoms with Crippen LogP contribution in [-0.2, 0) is 9.59 Å². The molecule has 4 nitrogen and oxygen atoms in total. The van der Waals surface area contributed by atoms with Gasteiger partial charge < -0.3 is 10.4 Å². The molecule has 0 saturated heterocycles. The van der Waals surface area contributed by atoms with Crippen LogP contribution in [0, 0.1) is 11.7 Å². The summed E-state index contributed by atoms with van der Waals surface area (Å²) in [6, 6.07) is 5.41. The molecule has 0 aliphatic rings. The Morgan fingerprint density at radius 2 is 2.10 bits per heavy atom. The number of amides is 1. The van der Waals surface area contributed by atoms with Gasteiger partial charge in [0.25, 0.3) is 0 Å². The number of carbonyl (C=O) groups is 2. The average molecular weight is 279 g/mol. The lowest BCUT2D eigenvalue weighted by Crippen LogP contribution is -2.39. The maximum Gasteiger partial charge on any atom is 0.305 e. The summed E-state index contributed by atoms with van der Waals surface area (Å²) in [5.41, 5.74) is 0.569. The van der Waals surface area contributed by atoms with E-state index in [0.29, 0.717) is 5.56 Å². The molecule has 1 atom stereocenters. The van der Waals surface area contributed by atoms with Crippen molar-refractivity contribution in [3.63, 3.8) is 0 Å².